The van der Waals surface area contributed by atoms with Gasteiger partial charge < -0.3 is 5.73 Å². The van der Waals surface area contributed by atoms with Crippen LogP contribution >= 0.6 is 15.9 Å². The fraction of sp³-hybridized carbons (Fsp3) is 0.667. The van der Waals surface area contributed by atoms with Crippen LogP contribution in [0.2, 0.25) is 0 Å². The van der Waals surface area contributed by atoms with E-state index in [0.29, 0.717) is 6.04 Å². The van der Waals surface area contributed by atoms with Gasteiger partial charge in [-0.15, -0.1) is 0 Å². The molecule has 1 atom stereocenters. The molecule has 2 N–H and O–H groups in total. The normalized spacial score (nSPS) is 40.0. The molecule has 0 saturated heterocycles. The van der Waals surface area contributed by atoms with Gasteiger partial charge >= 0.3 is 0 Å². The molecule has 0 aromatic heterocycles. The number of hydrogen-bond acceptors (Lipinski definition) is 1. The van der Waals surface area contributed by atoms with E-state index in [4.69, 9.17) is 5.73 Å². The van der Waals surface area contributed by atoms with Gasteiger partial charge in [0.1, 0.15) is 0 Å². The van der Waals surface area contributed by atoms with Crippen LogP contribution in [0.5, 0.6) is 0 Å². The fourth-order valence-corrected chi connectivity index (χ4v) is 5.96. The molecule has 1 nitrogen and oxygen atoms in total. The lowest BCUT2D eigenvalue weighted by Crippen LogP contribution is -2.52. The number of benzene rings is 1. The number of hydrogen-bond donors (Lipinski definition) is 1. The van der Waals surface area contributed by atoms with Crippen LogP contribution in [0.25, 0.3) is 0 Å². The predicted octanol–water partition coefficient (Wildman–Crippen LogP) is 4.39. The minimum absolute atomic E-state index is 0.367. The summed E-state index contributed by atoms with van der Waals surface area (Å²) in [6.45, 7) is 0. The second-order valence-electron chi connectivity index (χ2n) is 7.50. The molecule has 1 aromatic rings. The van der Waals surface area contributed by atoms with Gasteiger partial charge in [0.05, 0.1) is 0 Å². The van der Waals surface area contributed by atoms with Crippen molar-refractivity contribution < 1.29 is 0 Å². The summed E-state index contributed by atoms with van der Waals surface area (Å²) in [7, 11) is 0. The highest BCUT2D eigenvalue weighted by atomic mass is 79.9. The molecular formula is C18H24BrN. The van der Waals surface area contributed by atoms with E-state index in [0.717, 1.165) is 40.5 Å². The lowest BCUT2D eigenvalue weighted by atomic mass is 9.50. The maximum absolute atomic E-state index is 6.66. The molecule has 0 aliphatic heterocycles. The maximum Gasteiger partial charge on any atom is 0.0175 e. The third kappa shape index (κ3) is 2.35. The standard InChI is InChI=1S/C18H24BrN/c19-16-3-1-11(2-4-16)10-17(20)18-14-6-12-5-13(8-14)9-15(18)7-12/h1-4,12-15,17-18H,5-10,20H2. The molecule has 20 heavy (non-hydrogen) atoms. The monoisotopic (exact) mass is 333 g/mol. The number of halogens is 1. The molecule has 0 radical (unpaired) electrons. The van der Waals surface area contributed by atoms with Gasteiger partial charge in [0.2, 0.25) is 0 Å². The van der Waals surface area contributed by atoms with Crippen molar-refractivity contribution in [2.24, 2.45) is 35.3 Å². The van der Waals surface area contributed by atoms with Crippen LogP contribution in [0, 0.1) is 29.6 Å². The zero-order chi connectivity index (χ0) is 13.7. The molecule has 0 spiro atoms. The van der Waals surface area contributed by atoms with Crippen molar-refractivity contribution in [1.82, 2.24) is 0 Å². The van der Waals surface area contributed by atoms with Crippen molar-refractivity contribution in [2.75, 3.05) is 0 Å². The van der Waals surface area contributed by atoms with Gasteiger partial charge in [0.25, 0.3) is 0 Å². The first-order valence-electron chi connectivity index (χ1n) is 8.19. The molecule has 0 amide bonds. The summed E-state index contributed by atoms with van der Waals surface area (Å²) in [6, 6.07) is 9.09. The van der Waals surface area contributed by atoms with Crippen LogP contribution in [0.15, 0.2) is 28.7 Å². The van der Waals surface area contributed by atoms with Gasteiger partial charge in [0.15, 0.2) is 0 Å². The Morgan fingerprint density at radius 2 is 1.50 bits per heavy atom. The van der Waals surface area contributed by atoms with Crippen molar-refractivity contribution >= 4 is 15.9 Å². The van der Waals surface area contributed by atoms with Crippen LogP contribution < -0.4 is 5.73 Å². The first kappa shape index (κ1) is 13.3. The summed E-state index contributed by atoms with van der Waals surface area (Å²) in [4.78, 5) is 0. The molecule has 4 saturated carbocycles. The summed E-state index contributed by atoms with van der Waals surface area (Å²) in [6.07, 6.45) is 8.50. The quantitative estimate of drug-likeness (QED) is 0.872. The van der Waals surface area contributed by atoms with E-state index in [9.17, 15) is 0 Å². The van der Waals surface area contributed by atoms with E-state index in [1.165, 1.54) is 37.7 Å². The van der Waals surface area contributed by atoms with Gasteiger partial charge in [-0.3, -0.25) is 0 Å². The smallest absolute Gasteiger partial charge is 0.0175 e. The van der Waals surface area contributed by atoms with Gasteiger partial charge in [-0.25, -0.2) is 0 Å². The Kier molecular flexibility index (Phi) is 3.42. The average molecular weight is 334 g/mol. The summed E-state index contributed by atoms with van der Waals surface area (Å²) < 4.78 is 1.16. The van der Waals surface area contributed by atoms with Gasteiger partial charge in [-0.1, -0.05) is 28.1 Å². The average Bonchev–Trinajstić information content (AvgIpc) is 2.40. The molecule has 1 unspecified atom stereocenters. The molecule has 4 bridgehead atoms. The van der Waals surface area contributed by atoms with Crippen LogP contribution in [0.4, 0.5) is 0 Å². The lowest BCUT2D eigenvalue weighted by Gasteiger charge is -2.56. The number of rotatable bonds is 3. The number of nitrogens with two attached hydrogens (primary N) is 1. The first-order valence-corrected chi connectivity index (χ1v) is 8.98. The third-order valence-electron chi connectivity index (χ3n) is 6.18. The second-order valence-corrected chi connectivity index (χ2v) is 8.42. The molecule has 4 aliphatic carbocycles. The van der Waals surface area contributed by atoms with E-state index < -0.39 is 0 Å². The molecular weight excluding hydrogens is 310 g/mol. The summed E-state index contributed by atoms with van der Waals surface area (Å²) >= 11 is 3.51. The van der Waals surface area contributed by atoms with Gasteiger partial charge in [-0.05, 0) is 85.8 Å². The zero-order valence-electron chi connectivity index (χ0n) is 12.0. The zero-order valence-corrected chi connectivity index (χ0v) is 13.6. The van der Waals surface area contributed by atoms with Crippen LogP contribution in [0.3, 0.4) is 0 Å². The molecule has 4 aliphatic rings. The lowest BCUT2D eigenvalue weighted by molar-refractivity contribution is -0.0464. The highest BCUT2D eigenvalue weighted by Crippen LogP contribution is 2.57. The van der Waals surface area contributed by atoms with E-state index >= 15 is 0 Å². The van der Waals surface area contributed by atoms with Crippen molar-refractivity contribution in [3.8, 4) is 0 Å². The molecule has 4 fully saturated rings. The Balaban J connectivity index is 1.48. The van der Waals surface area contributed by atoms with E-state index in [-0.39, 0.29) is 0 Å². The summed E-state index contributed by atoms with van der Waals surface area (Å²) in [5, 5.41) is 0. The highest BCUT2D eigenvalue weighted by Gasteiger charge is 2.49. The topological polar surface area (TPSA) is 26.0 Å². The Morgan fingerprint density at radius 3 is 2.05 bits per heavy atom. The fourth-order valence-electron chi connectivity index (χ4n) is 5.70. The minimum Gasteiger partial charge on any atom is -0.327 e. The Labute approximate surface area is 130 Å². The van der Waals surface area contributed by atoms with Gasteiger partial charge in [-0.2, -0.15) is 0 Å². The van der Waals surface area contributed by atoms with Crippen LogP contribution in [0.1, 0.15) is 37.7 Å². The van der Waals surface area contributed by atoms with Crippen LogP contribution in [-0.4, -0.2) is 6.04 Å². The van der Waals surface area contributed by atoms with Crippen molar-refractivity contribution in [1.29, 1.82) is 0 Å². The van der Waals surface area contributed by atoms with Crippen molar-refractivity contribution in [3.63, 3.8) is 0 Å². The Morgan fingerprint density at radius 1 is 0.950 bits per heavy atom. The second kappa shape index (κ2) is 5.14. The first-order chi connectivity index (χ1) is 9.69. The molecule has 2 heteroatoms. The van der Waals surface area contributed by atoms with Crippen molar-refractivity contribution in [2.45, 2.75) is 44.6 Å². The predicted molar refractivity (Wildman–Crippen MR) is 86.4 cm³/mol. The minimum atomic E-state index is 0.367. The Bertz CT molecular complexity index is 453. The molecule has 1 aromatic carbocycles. The molecule has 5 rings (SSSR count). The van der Waals surface area contributed by atoms with Crippen molar-refractivity contribution in [3.05, 3.63) is 34.3 Å². The molecule has 108 valence electrons. The maximum atomic E-state index is 6.66. The summed E-state index contributed by atoms with van der Waals surface area (Å²) in [5.74, 6) is 4.78. The molecule has 0 heterocycles. The van der Waals surface area contributed by atoms with E-state index in [1.54, 1.807) is 0 Å². The highest BCUT2D eigenvalue weighted by molar-refractivity contribution is 9.10. The van der Waals surface area contributed by atoms with Gasteiger partial charge in [0, 0.05) is 10.5 Å². The van der Waals surface area contributed by atoms with E-state index in [1.807, 2.05) is 0 Å². The third-order valence-corrected chi connectivity index (χ3v) is 6.71. The largest absolute Gasteiger partial charge is 0.327 e. The van der Waals surface area contributed by atoms with Crippen LogP contribution in [-0.2, 0) is 6.42 Å². The summed E-state index contributed by atoms with van der Waals surface area (Å²) in [5.41, 5.74) is 8.06. The Hall–Kier alpha value is -0.340. The van der Waals surface area contributed by atoms with E-state index in [2.05, 4.69) is 40.2 Å². The SMILES string of the molecule is NC(Cc1ccc(Br)cc1)C1C2CC3CC(C2)CC1C3.